The van der Waals surface area contributed by atoms with Gasteiger partial charge in [0.25, 0.3) is 0 Å². The standard InChI is InChI=1S/C9H11ClO.C2H6/c1-7(2)11-9-5-3-4-8(10)6-9;1-2/h3-7H,1-2H3;1-2H3. The molecule has 0 aromatic heterocycles. The molecule has 1 aromatic carbocycles. The summed E-state index contributed by atoms with van der Waals surface area (Å²) in [5.41, 5.74) is 0. The van der Waals surface area contributed by atoms with Crippen molar-refractivity contribution < 1.29 is 4.74 Å². The highest BCUT2D eigenvalue weighted by molar-refractivity contribution is 6.30. The molecule has 0 bridgehead atoms. The minimum Gasteiger partial charge on any atom is -0.491 e. The Kier molecular flexibility index (Phi) is 6.43. The normalized spacial score (nSPS) is 9.08. The molecule has 0 atom stereocenters. The van der Waals surface area contributed by atoms with Crippen molar-refractivity contribution in [2.45, 2.75) is 33.8 Å². The lowest BCUT2D eigenvalue weighted by Gasteiger charge is -2.08. The van der Waals surface area contributed by atoms with Crippen LogP contribution in [0.25, 0.3) is 0 Å². The first-order valence-corrected chi connectivity index (χ1v) is 4.98. The summed E-state index contributed by atoms with van der Waals surface area (Å²) in [6.07, 6.45) is 0.202. The van der Waals surface area contributed by atoms with Crippen LogP contribution in [0.15, 0.2) is 24.3 Å². The predicted octanol–water partition coefficient (Wildman–Crippen LogP) is 4.15. The largest absolute Gasteiger partial charge is 0.491 e. The quantitative estimate of drug-likeness (QED) is 0.697. The Morgan fingerprint density at radius 3 is 2.31 bits per heavy atom. The van der Waals surface area contributed by atoms with Crippen LogP contribution in [0.5, 0.6) is 5.75 Å². The lowest BCUT2D eigenvalue weighted by molar-refractivity contribution is 0.242. The lowest BCUT2D eigenvalue weighted by Crippen LogP contribution is -2.04. The van der Waals surface area contributed by atoms with Crippen LogP contribution in [-0.2, 0) is 0 Å². The molecule has 0 aliphatic carbocycles. The van der Waals surface area contributed by atoms with Crippen LogP contribution in [0, 0.1) is 0 Å². The Bertz CT molecular complexity index is 233. The number of halogens is 1. The molecule has 13 heavy (non-hydrogen) atoms. The molecule has 0 spiro atoms. The molecule has 0 aliphatic heterocycles. The molecular weight excluding hydrogens is 184 g/mol. The van der Waals surface area contributed by atoms with Gasteiger partial charge in [0.05, 0.1) is 6.10 Å². The first kappa shape index (κ1) is 12.3. The lowest BCUT2D eigenvalue weighted by atomic mass is 10.3. The molecule has 0 heterocycles. The fourth-order valence-corrected chi connectivity index (χ4v) is 0.993. The summed E-state index contributed by atoms with van der Waals surface area (Å²) in [6.45, 7) is 7.97. The maximum atomic E-state index is 5.75. The maximum Gasteiger partial charge on any atom is 0.121 e. The molecule has 0 fully saturated rings. The molecule has 0 amide bonds. The zero-order chi connectivity index (χ0) is 10.3. The Labute approximate surface area is 85.7 Å². The van der Waals surface area contributed by atoms with Crippen LogP contribution in [0.2, 0.25) is 5.02 Å². The Balaban J connectivity index is 0.000000671. The third kappa shape index (κ3) is 5.53. The minimum atomic E-state index is 0.202. The first-order valence-electron chi connectivity index (χ1n) is 4.60. The van der Waals surface area contributed by atoms with Crippen molar-refractivity contribution in [3.8, 4) is 5.75 Å². The van der Waals surface area contributed by atoms with Crippen LogP contribution < -0.4 is 4.74 Å². The van der Waals surface area contributed by atoms with Crippen molar-refractivity contribution in [1.29, 1.82) is 0 Å². The van der Waals surface area contributed by atoms with E-state index in [1.807, 2.05) is 52.0 Å². The van der Waals surface area contributed by atoms with E-state index in [-0.39, 0.29) is 6.10 Å². The summed E-state index contributed by atoms with van der Waals surface area (Å²) in [7, 11) is 0. The van der Waals surface area contributed by atoms with E-state index < -0.39 is 0 Å². The van der Waals surface area contributed by atoms with E-state index in [1.54, 1.807) is 0 Å². The second-order valence-corrected chi connectivity index (χ2v) is 3.06. The smallest absolute Gasteiger partial charge is 0.121 e. The molecule has 0 N–H and O–H groups in total. The monoisotopic (exact) mass is 200 g/mol. The van der Waals surface area contributed by atoms with Gasteiger partial charge in [0.15, 0.2) is 0 Å². The van der Waals surface area contributed by atoms with E-state index >= 15 is 0 Å². The van der Waals surface area contributed by atoms with E-state index in [0.717, 1.165) is 5.75 Å². The molecule has 1 rings (SSSR count). The molecule has 2 heteroatoms. The minimum absolute atomic E-state index is 0.202. The first-order chi connectivity index (χ1) is 6.18. The number of benzene rings is 1. The number of ether oxygens (including phenoxy) is 1. The van der Waals surface area contributed by atoms with Gasteiger partial charge >= 0.3 is 0 Å². The highest BCUT2D eigenvalue weighted by atomic mass is 35.5. The van der Waals surface area contributed by atoms with Gasteiger partial charge in [0.2, 0.25) is 0 Å². The molecule has 0 radical (unpaired) electrons. The van der Waals surface area contributed by atoms with Crippen LogP contribution in [0.3, 0.4) is 0 Å². The van der Waals surface area contributed by atoms with Gasteiger partial charge in [-0.1, -0.05) is 31.5 Å². The van der Waals surface area contributed by atoms with Gasteiger partial charge in [-0.05, 0) is 32.0 Å². The van der Waals surface area contributed by atoms with Crippen molar-refractivity contribution >= 4 is 11.6 Å². The Morgan fingerprint density at radius 2 is 1.85 bits per heavy atom. The SMILES string of the molecule is CC.CC(C)Oc1cccc(Cl)c1. The third-order valence-corrected chi connectivity index (χ3v) is 1.40. The van der Waals surface area contributed by atoms with Gasteiger partial charge < -0.3 is 4.74 Å². The molecule has 0 saturated heterocycles. The van der Waals surface area contributed by atoms with Gasteiger partial charge in [-0.15, -0.1) is 0 Å². The van der Waals surface area contributed by atoms with Gasteiger partial charge in [0, 0.05) is 5.02 Å². The predicted molar refractivity (Wildman–Crippen MR) is 58.6 cm³/mol. The van der Waals surface area contributed by atoms with Crippen LogP contribution >= 0.6 is 11.6 Å². The second kappa shape index (κ2) is 6.79. The number of hydrogen-bond donors (Lipinski definition) is 0. The highest BCUT2D eigenvalue weighted by Gasteiger charge is 1.96. The summed E-state index contributed by atoms with van der Waals surface area (Å²) in [6, 6.07) is 7.40. The fourth-order valence-electron chi connectivity index (χ4n) is 0.812. The number of rotatable bonds is 2. The zero-order valence-electron chi connectivity index (χ0n) is 8.67. The topological polar surface area (TPSA) is 9.23 Å². The van der Waals surface area contributed by atoms with Crippen LogP contribution in [0.1, 0.15) is 27.7 Å². The highest BCUT2D eigenvalue weighted by Crippen LogP contribution is 2.17. The maximum absolute atomic E-state index is 5.75. The molecule has 0 unspecified atom stereocenters. The summed E-state index contributed by atoms with van der Waals surface area (Å²) in [4.78, 5) is 0. The summed E-state index contributed by atoms with van der Waals surface area (Å²) >= 11 is 5.75. The van der Waals surface area contributed by atoms with Crippen molar-refractivity contribution in [3.63, 3.8) is 0 Å². The van der Waals surface area contributed by atoms with Gasteiger partial charge in [-0.25, -0.2) is 0 Å². The van der Waals surface area contributed by atoms with Gasteiger partial charge in [-0.3, -0.25) is 0 Å². The Hall–Kier alpha value is -0.690. The molecule has 0 saturated carbocycles. The van der Waals surface area contributed by atoms with E-state index in [4.69, 9.17) is 16.3 Å². The van der Waals surface area contributed by atoms with E-state index in [0.29, 0.717) is 5.02 Å². The Morgan fingerprint density at radius 1 is 1.23 bits per heavy atom. The van der Waals surface area contributed by atoms with E-state index in [2.05, 4.69) is 0 Å². The fraction of sp³-hybridized carbons (Fsp3) is 0.455. The average molecular weight is 201 g/mol. The van der Waals surface area contributed by atoms with Crippen molar-refractivity contribution in [2.75, 3.05) is 0 Å². The second-order valence-electron chi connectivity index (χ2n) is 2.62. The van der Waals surface area contributed by atoms with Crippen molar-refractivity contribution in [3.05, 3.63) is 29.3 Å². The van der Waals surface area contributed by atoms with Gasteiger partial charge in [-0.2, -0.15) is 0 Å². The summed E-state index contributed by atoms with van der Waals surface area (Å²) < 4.78 is 5.41. The summed E-state index contributed by atoms with van der Waals surface area (Å²) in [5.74, 6) is 0.826. The van der Waals surface area contributed by atoms with Crippen LogP contribution in [-0.4, -0.2) is 6.10 Å². The van der Waals surface area contributed by atoms with Crippen molar-refractivity contribution in [1.82, 2.24) is 0 Å². The third-order valence-electron chi connectivity index (χ3n) is 1.17. The summed E-state index contributed by atoms with van der Waals surface area (Å²) in [5, 5.41) is 0.711. The number of hydrogen-bond acceptors (Lipinski definition) is 1. The van der Waals surface area contributed by atoms with E-state index in [9.17, 15) is 0 Å². The average Bonchev–Trinajstić information content (AvgIpc) is 2.06. The molecular formula is C11H17ClO. The molecule has 74 valence electrons. The molecule has 1 aromatic rings. The zero-order valence-corrected chi connectivity index (χ0v) is 9.43. The van der Waals surface area contributed by atoms with Gasteiger partial charge in [0.1, 0.15) is 5.75 Å². The molecule has 1 nitrogen and oxygen atoms in total. The van der Waals surface area contributed by atoms with Crippen molar-refractivity contribution in [2.24, 2.45) is 0 Å². The van der Waals surface area contributed by atoms with Crippen LogP contribution in [0.4, 0.5) is 0 Å². The molecule has 0 aliphatic rings. The van der Waals surface area contributed by atoms with E-state index in [1.165, 1.54) is 0 Å².